The lowest BCUT2D eigenvalue weighted by molar-refractivity contribution is -0.120. The number of aromatic nitrogens is 2. The zero-order valence-electron chi connectivity index (χ0n) is 15.3. The van der Waals surface area contributed by atoms with Crippen LogP contribution in [0.4, 0.5) is 0 Å². The number of fused-ring (bicyclic) bond motifs is 1. The fourth-order valence-electron chi connectivity index (χ4n) is 2.24. The van der Waals surface area contributed by atoms with Crippen LogP contribution in [0.3, 0.4) is 0 Å². The second-order valence-electron chi connectivity index (χ2n) is 6.53. The first-order valence-electron chi connectivity index (χ1n) is 7.92. The molecule has 0 unspecified atom stereocenters. The molecular weight excluding hydrogens is 356 g/mol. The Balaban J connectivity index is 2.22. The third kappa shape index (κ3) is 3.72. The summed E-state index contributed by atoms with van der Waals surface area (Å²) >= 11 is 2.69. The number of thioether (sulfide) groups is 1. The van der Waals surface area contributed by atoms with Crippen LogP contribution in [0.15, 0.2) is 9.95 Å². The summed E-state index contributed by atoms with van der Waals surface area (Å²) in [5, 5.41) is 13.2. The Kier molecular flexibility index (Phi) is 5.59. The zero-order chi connectivity index (χ0) is 18.9. The number of nitriles is 1. The van der Waals surface area contributed by atoms with Crippen molar-refractivity contribution in [1.82, 2.24) is 14.9 Å². The van der Waals surface area contributed by atoms with Crippen LogP contribution >= 0.6 is 23.1 Å². The van der Waals surface area contributed by atoms with Gasteiger partial charge in [-0.15, -0.1) is 11.3 Å². The number of aryl methyl sites for hydroxylation is 2. The van der Waals surface area contributed by atoms with E-state index in [9.17, 15) is 14.9 Å². The summed E-state index contributed by atoms with van der Waals surface area (Å²) in [5.41, 5.74) is -0.0500. The van der Waals surface area contributed by atoms with Gasteiger partial charge in [-0.1, -0.05) is 25.6 Å². The molecule has 0 saturated heterocycles. The van der Waals surface area contributed by atoms with E-state index in [0.717, 1.165) is 10.4 Å². The fourth-order valence-corrected chi connectivity index (χ4v) is 4.08. The molecule has 2 aromatic heterocycles. The lowest BCUT2D eigenvalue weighted by atomic mass is 9.90. The SMILES string of the molecule is Cc1sc2nc(SCC(=O)N[C@](C)(C#N)C(C)C)n(C)c(=O)c2c1C. The van der Waals surface area contributed by atoms with Crippen LogP contribution in [0.5, 0.6) is 0 Å². The summed E-state index contributed by atoms with van der Waals surface area (Å²) in [7, 11) is 1.66. The lowest BCUT2D eigenvalue weighted by Gasteiger charge is -2.27. The van der Waals surface area contributed by atoms with E-state index in [1.54, 1.807) is 14.0 Å². The molecule has 0 spiro atoms. The Hall–Kier alpha value is -1.85. The second kappa shape index (κ2) is 7.18. The van der Waals surface area contributed by atoms with Crippen LogP contribution in [0, 0.1) is 31.1 Å². The second-order valence-corrected chi connectivity index (χ2v) is 8.67. The van der Waals surface area contributed by atoms with E-state index in [2.05, 4.69) is 16.4 Å². The van der Waals surface area contributed by atoms with Crippen molar-refractivity contribution in [3.63, 3.8) is 0 Å². The van der Waals surface area contributed by atoms with Gasteiger partial charge < -0.3 is 5.32 Å². The van der Waals surface area contributed by atoms with Gasteiger partial charge in [-0.05, 0) is 32.3 Å². The van der Waals surface area contributed by atoms with E-state index in [1.165, 1.54) is 27.7 Å². The van der Waals surface area contributed by atoms with Gasteiger partial charge in [0.15, 0.2) is 5.16 Å². The first kappa shape index (κ1) is 19.5. The van der Waals surface area contributed by atoms with Crippen molar-refractivity contribution in [3.8, 4) is 6.07 Å². The molecule has 8 heteroatoms. The van der Waals surface area contributed by atoms with E-state index in [4.69, 9.17) is 0 Å². The molecule has 134 valence electrons. The molecule has 0 fully saturated rings. The Morgan fingerprint density at radius 2 is 2.12 bits per heavy atom. The van der Waals surface area contributed by atoms with Crippen molar-refractivity contribution in [1.29, 1.82) is 5.26 Å². The molecule has 0 aliphatic heterocycles. The Labute approximate surface area is 155 Å². The minimum absolute atomic E-state index is 0.0117. The summed E-state index contributed by atoms with van der Waals surface area (Å²) in [6.07, 6.45) is 0. The molecule has 1 N–H and O–H groups in total. The maximum Gasteiger partial charge on any atom is 0.262 e. The number of carbonyl (C=O) groups excluding carboxylic acids is 1. The van der Waals surface area contributed by atoms with Crippen LogP contribution in [0.25, 0.3) is 10.2 Å². The van der Waals surface area contributed by atoms with E-state index < -0.39 is 5.54 Å². The average molecular weight is 379 g/mol. The van der Waals surface area contributed by atoms with E-state index >= 15 is 0 Å². The topological polar surface area (TPSA) is 87.8 Å². The van der Waals surface area contributed by atoms with E-state index in [-0.39, 0.29) is 23.1 Å². The molecule has 0 aliphatic carbocycles. The van der Waals surface area contributed by atoms with Gasteiger partial charge in [0.1, 0.15) is 10.4 Å². The Morgan fingerprint density at radius 3 is 2.68 bits per heavy atom. The fraction of sp³-hybridized carbons (Fsp3) is 0.529. The first-order chi connectivity index (χ1) is 11.6. The van der Waals surface area contributed by atoms with E-state index in [1.807, 2.05) is 27.7 Å². The van der Waals surface area contributed by atoms with Gasteiger partial charge in [0.05, 0.1) is 17.2 Å². The quantitative estimate of drug-likeness (QED) is 0.638. The summed E-state index contributed by atoms with van der Waals surface area (Å²) in [6.45, 7) is 9.37. The smallest absolute Gasteiger partial charge is 0.262 e. The number of nitrogens with zero attached hydrogens (tertiary/aromatic N) is 3. The molecule has 0 aromatic carbocycles. The van der Waals surface area contributed by atoms with Gasteiger partial charge in [-0.3, -0.25) is 14.2 Å². The molecule has 2 heterocycles. The van der Waals surface area contributed by atoms with Crippen molar-refractivity contribution in [2.45, 2.75) is 45.3 Å². The summed E-state index contributed by atoms with van der Waals surface area (Å²) in [5.74, 6) is -0.169. The molecule has 0 saturated carbocycles. The number of hydrogen-bond acceptors (Lipinski definition) is 6. The average Bonchev–Trinajstić information content (AvgIpc) is 2.83. The summed E-state index contributed by atoms with van der Waals surface area (Å²) in [6, 6.07) is 2.15. The highest BCUT2D eigenvalue weighted by molar-refractivity contribution is 7.99. The third-order valence-corrected chi connectivity index (χ3v) is 6.62. The van der Waals surface area contributed by atoms with Gasteiger partial charge in [-0.25, -0.2) is 4.98 Å². The predicted octanol–water partition coefficient (Wildman–Crippen LogP) is 2.76. The number of carbonyl (C=O) groups is 1. The monoisotopic (exact) mass is 378 g/mol. The molecule has 6 nitrogen and oxygen atoms in total. The number of rotatable bonds is 5. The maximum atomic E-state index is 12.6. The standard InChI is InChI=1S/C17H22N4O2S2/c1-9(2)17(5,8-18)20-12(22)7-24-16-19-14-13(15(23)21(16)6)10(3)11(4)25-14/h9H,7H2,1-6H3,(H,20,22)/t17-/m1/s1. The van der Waals surface area contributed by atoms with Gasteiger partial charge in [0.2, 0.25) is 5.91 Å². The van der Waals surface area contributed by atoms with Gasteiger partial charge in [0.25, 0.3) is 5.56 Å². The third-order valence-electron chi connectivity index (χ3n) is 4.49. The van der Waals surface area contributed by atoms with Gasteiger partial charge in [0, 0.05) is 11.9 Å². The van der Waals surface area contributed by atoms with Crippen LogP contribution in [0.2, 0.25) is 0 Å². The minimum atomic E-state index is -0.914. The van der Waals surface area contributed by atoms with Crippen molar-refractivity contribution >= 4 is 39.2 Å². The number of nitrogens with one attached hydrogen (secondary N) is 1. The molecular formula is C17H22N4O2S2. The van der Waals surface area contributed by atoms with Crippen molar-refractivity contribution < 1.29 is 4.79 Å². The highest BCUT2D eigenvalue weighted by Crippen LogP contribution is 2.28. The molecule has 2 aromatic rings. The number of hydrogen-bond donors (Lipinski definition) is 1. The van der Waals surface area contributed by atoms with Crippen molar-refractivity contribution in [2.75, 3.05) is 5.75 Å². The zero-order valence-corrected chi connectivity index (χ0v) is 16.9. The minimum Gasteiger partial charge on any atom is -0.337 e. The van der Waals surface area contributed by atoms with Gasteiger partial charge >= 0.3 is 0 Å². The van der Waals surface area contributed by atoms with Crippen molar-refractivity contribution in [2.24, 2.45) is 13.0 Å². The number of thiophene rings is 1. The first-order valence-corrected chi connectivity index (χ1v) is 9.72. The molecule has 25 heavy (non-hydrogen) atoms. The van der Waals surface area contributed by atoms with Crippen LogP contribution in [-0.2, 0) is 11.8 Å². The summed E-state index contributed by atoms with van der Waals surface area (Å²) in [4.78, 5) is 31.1. The molecule has 1 amide bonds. The lowest BCUT2D eigenvalue weighted by Crippen LogP contribution is -2.49. The Morgan fingerprint density at radius 1 is 1.48 bits per heavy atom. The Bertz CT molecular complexity index is 923. The number of amides is 1. The van der Waals surface area contributed by atoms with Crippen LogP contribution < -0.4 is 10.9 Å². The van der Waals surface area contributed by atoms with Crippen LogP contribution in [0.1, 0.15) is 31.2 Å². The van der Waals surface area contributed by atoms with Crippen LogP contribution in [-0.4, -0.2) is 26.8 Å². The highest BCUT2D eigenvalue weighted by Gasteiger charge is 2.30. The highest BCUT2D eigenvalue weighted by atomic mass is 32.2. The van der Waals surface area contributed by atoms with Gasteiger partial charge in [-0.2, -0.15) is 5.26 Å². The molecule has 0 aliphatic rings. The molecule has 0 bridgehead atoms. The largest absolute Gasteiger partial charge is 0.337 e. The van der Waals surface area contributed by atoms with E-state index in [0.29, 0.717) is 15.4 Å². The predicted molar refractivity (Wildman–Crippen MR) is 102 cm³/mol. The molecule has 0 radical (unpaired) electrons. The normalized spacial score (nSPS) is 13.7. The van der Waals surface area contributed by atoms with Crippen molar-refractivity contribution in [3.05, 3.63) is 20.8 Å². The maximum absolute atomic E-state index is 12.6. The molecule has 1 atom stereocenters. The molecule has 2 rings (SSSR count). The summed E-state index contributed by atoms with van der Waals surface area (Å²) < 4.78 is 1.48.